The highest BCUT2D eigenvalue weighted by Gasteiger charge is 1.92. The molecule has 1 rings (SSSR count). The molecule has 0 aliphatic carbocycles. The summed E-state index contributed by atoms with van der Waals surface area (Å²) in [5.74, 6) is 0. The zero-order valence-electron chi connectivity index (χ0n) is 6.18. The third-order valence-corrected chi connectivity index (χ3v) is 1.50. The van der Waals surface area contributed by atoms with Gasteiger partial charge in [0.2, 0.25) is 0 Å². The predicted octanol–water partition coefficient (Wildman–Crippen LogP) is 1.12. The number of hydrogen-bond donors (Lipinski definition) is 2. The largest absolute Gasteiger partial charge is 0.326 e. The fourth-order valence-electron chi connectivity index (χ4n) is 0.944. The van der Waals surface area contributed by atoms with E-state index in [0.29, 0.717) is 6.54 Å². The summed E-state index contributed by atoms with van der Waals surface area (Å²) < 4.78 is 11.6. The van der Waals surface area contributed by atoms with E-state index in [4.69, 9.17) is 5.73 Å². The summed E-state index contributed by atoms with van der Waals surface area (Å²) in [5.41, 5.74) is 8.93. The quantitative estimate of drug-likeness (QED) is 0.640. The van der Waals surface area contributed by atoms with Crippen LogP contribution in [0.3, 0.4) is 0 Å². The van der Waals surface area contributed by atoms with Gasteiger partial charge in [0.15, 0.2) is 0 Å². The van der Waals surface area contributed by atoms with E-state index in [1.807, 2.05) is 24.3 Å². The van der Waals surface area contributed by atoms with Gasteiger partial charge in [0, 0.05) is 6.54 Å². The molecule has 0 saturated heterocycles. The summed E-state index contributed by atoms with van der Waals surface area (Å²) >= 11 is 0. The minimum Gasteiger partial charge on any atom is -0.326 e. The summed E-state index contributed by atoms with van der Waals surface area (Å²) in [6, 6.07) is 7.52. The van der Waals surface area contributed by atoms with Crippen molar-refractivity contribution < 1.29 is 4.48 Å². The molecule has 3 heteroatoms. The Morgan fingerprint density at radius 1 is 1.36 bits per heavy atom. The van der Waals surface area contributed by atoms with Crippen LogP contribution in [0, 0.1) is 0 Å². The molecule has 0 spiro atoms. The molecule has 0 heterocycles. The standard InChI is InChI=1S/C8H11FN2/c9-11-6-8-3-1-2-7(4-8)5-10/h1-4,11H,5-6,10H2. The monoisotopic (exact) mass is 154 g/mol. The van der Waals surface area contributed by atoms with Crippen molar-refractivity contribution in [1.29, 1.82) is 0 Å². The molecule has 0 atom stereocenters. The Hall–Kier alpha value is -0.930. The van der Waals surface area contributed by atoms with Crippen molar-refractivity contribution in [1.82, 2.24) is 5.54 Å². The maximum Gasteiger partial charge on any atom is 0.0510 e. The fraction of sp³-hybridized carbons (Fsp3) is 0.250. The highest BCUT2D eigenvalue weighted by molar-refractivity contribution is 5.22. The van der Waals surface area contributed by atoms with Crippen molar-refractivity contribution in [2.24, 2.45) is 5.73 Å². The molecule has 11 heavy (non-hydrogen) atoms. The molecule has 0 amide bonds. The topological polar surface area (TPSA) is 38.0 Å². The van der Waals surface area contributed by atoms with Gasteiger partial charge < -0.3 is 5.73 Å². The van der Waals surface area contributed by atoms with Crippen LogP contribution in [0.5, 0.6) is 0 Å². The van der Waals surface area contributed by atoms with Crippen molar-refractivity contribution in [2.75, 3.05) is 0 Å². The SMILES string of the molecule is NCc1cccc(CNF)c1. The van der Waals surface area contributed by atoms with E-state index in [-0.39, 0.29) is 6.54 Å². The van der Waals surface area contributed by atoms with Gasteiger partial charge in [-0.1, -0.05) is 24.3 Å². The van der Waals surface area contributed by atoms with Gasteiger partial charge in [-0.3, -0.25) is 0 Å². The molecule has 0 radical (unpaired) electrons. The summed E-state index contributed by atoms with van der Waals surface area (Å²) in [5, 5.41) is 0. The van der Waals surface area contributed by atoms with Gasteiger partial charge in [0.25, 0.3) is 0 Å². The lowest BCUT2D eigenvalue weighted by molar-refractivity contribution is 0.330. The van der Waals surface area contributed by atoms with Crippen LogP contribution in [-0.4, -0.2) is 0 Å². The lowest BCUT2D eigenvalue weighted by Gasteiger charge is -2.00. The van der Waals surface area contributed by atoms with Gasteiger partial charge in [-0.15, -0.1) is 4.48 Å². The molecular weight excluding hydrogens is 143 g/mol. The van der Waals surface area contributed by atoms with Crippen molar-refractivity contribution in [2.45, 2.75) is 13.1 Å². The van der Waals surface area contributed by atoms with Crippen LogP contribution in [0.1, 0.15) is 11.1 Å². The Labute approximate surface area is 65.2 Å². The molecular formula is C8H11FN2. The Morgan fingerprint density at radius 3 is 2.73 bits per heavy atom. The third kappa shape index (κ3) is 2.29. The van der Waals surface area contributed by atoms with Gasteiger partial charge in [-0.05, 0) is 11.1 Å². The van der Waals surface area contributed by atoms with Crippen molar-refractivity contribution in [3.8, 4) is 0 Å². The number of benzene rings is 1. The first-order chi connectivity index (χ1) is 5.36. The van der Waals surface area contributed by atoms with E-state index in [0.717, 1.165) is 11.1 Å². The van der Waals surface area contributed by atoms with Crippen LogP contribution in [0.4, 0.5) is 4.48 Å². The van der Waals surface area contributed by atoms with Crippen LogP contribution < -0.4 is 11.3 Å². The summed E-state index contributed by atoms with van der Waals surface area (Å²) in [4.78, 5) is 0. The van der Waals surface area contributed by atoms with Crippen LogP contribution in [-0.2, 0) is 13.1 Å². The molecule has 0 aromatic heterocycles. The summed E-state index contributed by atoms with van der Waals surface area (Å²) in [7, 11) is 0. The molecule has 1 aromatic carbocycles. The first kappa shape index (κ1) is 8.17. The average Bonchev–Trinajstić information content (AvgIpc) is 2.06. The molecule has 0 saturated carbocycles. The van der Waals surface area contributed by atoms with E-state index in [2.05, 4.69) is 0 Å². The average molecular weight is 154 g/mol. The third-order valence-electron chi connectivity index (χ3n) is 1.50. The van der Waals surface area contributed by atoms with Crippen LogP contribution >= 0.6 is 0 Å². The highest BCUT2D eigenvalue weighted by Crippen LogP contribution is 2.03. The second-order valence-electron chi connectivity index (χ2n) is 2.33. The Balaban J connectivity index is 2.74. The molecule has 0 fully saturated rings. The van der Waals surface area contributed by atoms with Crippen molar-refractivity contribution in [3.63, 3.8) is 0 Å². The predicted molar refractivity (Wildman–Crippen MR) is 42.3 cm³/mol. The number of hydrogen-bond acceptors (Lipinski definition) is 2. The fourth-order valence-corrected chi connectivity index (χ4v) is 0.944. The van der Waals surface area contributed by atoms with Gasteiger partial charge in [0.05, 0.1) is 6.54 Å². The smallest absolute Gasteiger partial charge is 0.0510 e. The highest BCUT2D eigenvalue weighted by atomic mass is 19.2. The zero-order chi connectivity index (χ0) is 8.10. The molecule has 1 aromatic rings. The molecule has 2 nitrogen and oxygen atoms in total. The Morgan fingerprint density at radius 2 is 2.09 bits per heavy atom. The van der Waals surface area contributed by atoms with Crippen LogP contribution in [0.2, 0.25) is 0 Å². The van der Waals surface area contributed by atoms with Crippen LogP contribution in [0.25, 0.3) is 0 Å². The molecule has 0 aliphatic heterocycles. The lowest BCUT2D eigenvalue weighted by Crippen LogP contribution is -2.02. The normalized spacial score (nSPS) is 10.0. The Bertz CT molecular complexity index is 225. The van der Waals surface area contributed by atoms with Crippen molar-refractivity contribution in [3.05, 3.63) is 35.4 Å². The van der Waals surface area contributed by atoms with Crippen LogP contribution in [0.15, 0.2) is 24.3 Å². The van der Waals surface area contributed by atoms with E-state index >= 15 is 0 Å². The second-order valence-corrected chi connectivity index (χ2v) is 2.33. The number of halogens is 1. The molecule has 60 valence electrons. The summed E-state index contributed by atoms with van der Waals surface area (Å²) in [6.45, 7) is 0.744. The molecule has 0 unspecified atom stereocenters. The van der Waals surface area contributed by atoms with E-state index in [9.17, 15) is 4.48 Å². The van der Waals surface area contributed by atoms with Gasteiger partial charge >= 0.3 is 0 Å². The van der Waals surface area contributed by atoms with E-state index < -0.39 is 0 Å². The molecule has 0 aliphatic rings. The minimum atomic E-state index is 0.244. The number of nitrogens with one attached hydrogen (secondary N) is 1. The maximum atomic E-state index is 11.6. The summed E-state index contributed by atoms with van der Waals surface area (Å²) in [6.07, 6.45) is 0. The van der Waals surface area contributed by atoms with Crippen molar-refractivity contribution >= 4 is 0 Å². The molecule has 0 bridgehead atoms. The number of nitrogens with two attached hydrogens (primary N) is 1. The van der Waals surface area contributed by atoms with Gasteiger partial charge in [0.1, 0.15) is 0 Å². The minimum absolute atomic E-state index is 0.244. The van der Waals surface area contributed by atoms with E-state index in [1.165, 1.54) is 0 Å². The Kier molecular flexibility index (Phi) is 3.01. The van der Waals surface area contributed by atoms with Gasteiger partial charge in [-0.2, -0.15) is 5.54 Å². The van der Waals surface area contributed by atoms with E-state index in [1.54, 1.807) is 5.54 Å². The zero-order valence-corrected chi connectivity index (χ0v) is 6.18. The second kappa shape index (κ2) is 4.05. The lowest BCUT2D eigenvalue weighted by atomic mass is 10.1. The number of rotatable bonds is 3. The van der Waals surface area contributed by atoms with Gasteiger partial charge in [-0.25, -0.2) is 0 Å². The first-order valence-corrected chi connectivity index (χ1v) is 3.48. The molecule has 3 N–H and O–H groups in total. The maximum absolute atomic E-state index is 11.6. The first-order valence-electron chi connectivity index (χ1n) is 3.48.